The smallest absolute Gasteiger partial charge is 0.410 e. The number of rotatable bonds is 2. The molecule has 1 aromatic carbocycles. The first-order chi connectivity index (χ1) is 9.25. The second kappa shape index (κ2) is 6.95. The SMILES string of the molecule is NC1CCCCC=CC1NC(=O)Oc1ccccc1. The molecule has 0 spiro atoms. The molecule has 4 heteroatoms. The van der Waals surface area contributed by atoms with Gasteiger partial charge in [0.2, 0.25) is 0 Å². The molecule has 0 heterocycles. The predicted octanol–water partition coefficient (Wildman–Crippen LogP) is 2.60. The average Bonchev–Trinajstić information content (AvgIpc) is 2.40. The Bertz CT molecular complexity index is 431. The summed E-state index contributed by atoms with van der Waals surface area (Å²) in [5.41, 5.74) is 6.07. The lowest BCUT2D eigenvalue weighted by atomic mass is 9.98. The van der Waals surface area contributed by atoms with E-state index < -0.39 is 6.09 Å². The highest BCUT2D eigenvalue weighted by atomic mass is 16.6. The zero-order chi connectivity index (χ0) is 13.5. The quantitative estimate of drug-likeness (QED) is 0.803. The highest BCUT2D eigenvalue weighted by Gasteiger charge is 2.19. The molecule has 1 aliphatic carbocycles. The first-order valence-corrected chi connectivity index (χ1v) is 6.71. The van der Waals surface area contributed by atoms with Crippen molar-refractivity contribution in [2.24, 2.45) is 5.73 Å². The lowest BCUT2D eigenvalue weighted by molar-refractivity contribution is 0.196. The maximum absolute atomic E-state index is 11.8. The monoisotopic (exact) mass is 260 g/mol. The van der Waals surface area contributed by atoms with Crippen molar-refractivity contribution in [3.05, 3.63) is 42.5 Å². The fraction of sp³-hybridized carbons (Fsp3) is 0.400. The van der Waals surface area contributed by atoms with Crippen molar-refractivity contribution in [1.29, 1.82) is 0 Å². The Kier molecular flexibility index (Phi) is 4.98. The van der Waals surface area contributed by atoms with Gasteiger partial charge in [0.1, 0.15) is 5.75 Å². The van der Waals surface area contributed by atoms with Crippen LogP contribution in [0.4, 0.5) is 4.79 Å². The Morgan fingerprint density at radius 2 is 2.05 bits per heavy atom. The van der Waals surface area contributed by atoms with E-state index in [9.17, 15) is 4.79 Å². The van der Waals surface area contributed by atoms with Gasteiger partial charge in [-0.25, -0.2) is 4.79 Å². The van der Waals surface area contributed by atoms with Gasteiger partial charge in [0.15, 0.2) is 0 Å². The lowest BCUT2D eigenvalue weighted by Gasteiger charge is -2.23. The van der Waals surface area contributed by atoms with Gasteiger partial charge in [0.05, 0.1) is 6.04 Å². The Hall–Kier alpha value is -1.81. The van der Waals surface area contributed by atoms with Gasteiger partial charge >= 0.3 is 6.09 Å². The van der Waals surface area contributed by atoms with E-state index in [0.717, 1.165) is 25.7 Å². The summed E-state index contributed by atoms with van der Waals surface area (Å²) < 4.78 is 5.20. The number of carbonyl (C=O) groups excluding carboxylic acids is 1. The summed E-state index contributed by atoms with van der Waals surface area (Å²) in [7, 11) is 0. The number of allylic oxidation sites excluding steroid dienone is 1. The topological polar surface area (TPSA) is 64.3 Å². The van der Waals surface area contributed by atoms with E-state index in [-0.39, 0.29) is 12.1 Å². The molecule has 0 aromatic heterocycles. The molecule has 0 radical (unpaired) electrons. The number of hydrogen-bond acceptors (Lipinski definition) is 3. The number of nitrogens with one attached hydrogen (secondary N) is 1. The maximum atomic E-state index is 11.8. The zero-order valence-electron chi connectivity index (χ0n) is 10.9. The van der Waals surface area contributed by atoms with Crippen molar-refractivity contribution in [2.45, 2.75) is 37.8 Å². The minimum absolute atomic E-state index is 0.0557. The van der Waals surface area contributed by atoms with Gasteiger partial charge in [0, 0.05) is 6.04 Å². The van der Waals surface area contributed by atoms with Crippen molar-refractivity contribution in [2.75, 3.05) is 0 Å². The maximum Gasteiger partial charge on any atom is 0.413 e. The highest BCUT2D eigenvalue weighted by Crippen LogP contribution is 2.12. The Balaban J connectivity index is 1.91. The Labute approximate surface area is 113 Å². The van der Waals surface area contributed by atoms with Gasteiger partial charge in [-0.1, -0.05) is 36.8 Å². The number of hydrogen-bond donors (Lipinski definition) is 2. The van der Waals surface area contributed by atoms with Crippen molar-refractivity contribution in [3.63, 3.8) is 0 Å². The molecular formula is C15H20N2O2. The van der Waals surface area contributed by atoms with E-state index in [4.69, 9.17) is 10.5 Å². The first-order valence-electron chi connectivity index (χ1n) is 6.71. The second-order valence-electron chi connectivity index (χ2n) is 4.75. The van der Waals surface area contributed by atoms with E-state index in [1.54, 1.807) is 12.1 Å². The molecule has 102 valence electrons. The van der Waals surface area contributed by atoms with Crippen molar-refractivity contribution >= 4 is 6.09 Å². The Morgan fingerprint density at radius 3 is 2.84 bits per heavy atom. The molecule has 2 rings (SSSR count). The van der Waals surface area contributed by atoms with Crippen LogP contribution >= 0.6 is 0 Å². The molecule has 0 saturated heterocycles. The number of amides is 1. The molecule has 19 heavy (non-hydrogen) atoms. The molecule has 0 fully saturated rings. The van der Waals surface area contributed by atoms with Crippen LogP contribution in [0.25, 0.3) is 0 Å². The molecule has 1 aliphatic rings. The van der Waals surface area contributed by atoms with E-state index in [1.807, 2.05) is 24.3 Å². The van der Waals surface area contributed by atoms with Crippen LogP contribution in [-0.4, -0.2) is 18.2 Å². The molecule has 2 atom stereocenters. The van der Waals surface area contributed by atoms with Crippen LogP contribution in [0.1, 0.15) is 25.7 Å². The minimum Gasteiger partial charge on any atom is -0.410 e. The largest absolute Gasteiger partial charge is 0.413 e. The number of carbonyl (C=O) groups is 1. The van der Waals surface area contributed by atoms with E-state index >= 15 is 0 Å². The molecule has 3 N–H and O–H groups in total. The summed E-state index contributed by atoms with van der Waals surface area (Å²) in [4.78, 5) is 11.8. The van der Waals surface area contributed by atoms with Crippen LogP contribution in [0, 0.1) is 0 Å². The first kappa shape index (κ1) is 13.6. The van der Waals surface area contributed by atoms with Gasteiger partial charge in [0.25, 0.3) is 0 Å². The van der Waals surface area contributed by atoms with Crippen LogP contribution in [0.3, 0.4) is 0 Å². The molecule has 0 aliphatic heterocycles. The molecular weight excluding hydrogens is 240 g/mol. The summed E-state index contributed by atoms with van der Waals surface area (Å²) >= 11 is 0. The van der Waals surface area contributed by atoms with Gasteiger partial charge < -0.3 is 15.8 Å². The summed E-state index contributed by atoms with van der Waals surface area (Å²) in [5, 5.41) is 2.81. The van der Waals surface area contributed by atoms with Crippen LogP contribution in [0.15, 0.2) is 42.5 Å². The van der Waals surface area contributed by atoms with Gasteiger partial charge in [-0.3, -0.25) is 0 Å². The summed E-state index contributed by atoms with van der Waals surface area (Å²) in [6, 6.07) is 8.80. The van der Waals surface area contributed by atoms with Gasteiger partial charge in [-0.15, -0.1) is 0 Å². The molecule has 2 unspecified atom stereocenters. The molecule has 4 nitrogen and oxygen atoms in total. The summed E-state index contributed by atoms with van der Waals surface area (Å²) in [6.07, 6.45) is 7.79. The van der Waals surface area contributed by atoms with Gasteiger partial charge in [-0.05, 0) is 31.4 Å². The zero-order valence-corrected chi connectivity index (χ0v) is 10.9. The van der Waals surface area contributed by atoms with E-state index in [2.05, 4.69) is 11.4 Å². The number of nitrogens with two attached hydrogens (primary N) is 1. The summed E-state index contributed by atoms with van der Waals surface area (Å²) in [5.74, 6) is 0.531. The molecule has 1 amide bonds. The molecule has 1 aromatic rings. The fourth-order valence-corrected chi connectivity index (χ4v) is 2.12. The highest BCUT2D eigenvalue weighted by molar-refractivity contribution is 5.71. The normalized spacial score (nSPS) is 23.2. The second-order valence-corrected chi connectivity index (χ2v) is 4.75. The number of benzene rings is 1. The van der Waals surface area contributed by atoms with Crippen molar-refractivity contribution < 1.29 is 9.53 Å². The minimum atomic E-state index is -0.461. The van der Waals surface area contributed by atoms with Crippen LogP contribution in [0.5, 0.6) is 5.75 Å². The third-order valence-corrected chi connectivity index (χ3v) is 3.20. The standard InChI is InChI=1S/C15H20N2O2/c16-13-10-6-1-2-7-11-14(13)17-15(18)19-12-8-4-3-5-9-12/h3-5,7-9,11,13-14H,1-2,6,10,16H2,(H,17,18). The summed E-state index contributed by atoms with van der Waals surface area (Å²) in [6.45, 7) is 0. The third-order valence-electron chi connectivity index (χ3n) is 3.20. The molecule has 0 saturated carbocycles. The van der Waals surface area contributed by atoms with E-state index in [1.165, 1.54) is 0 Å². The van der Waals surface area contributed by atoms with Crippen LogP contribution < -0.4 is 15.8 Å². The Morgan fingerprint density at radius 1 is 1.26 bits per heavy atom. The number of para-hydroxylation sites is 1. The fourth-order valence-electron chi connectivity index (χ4n) is 2.12. The predicted molar refractivity (Wildman–Crippen MR) is 75.0 cm³/mol. The van der Waals surface area contributed by atoms with Crippen molar-refractivity contribution in [3.8, 4) is 5.75 Å². The lowest BCUT2D eigenvalue weighted by Crippen LogP contribution is -2.47. The third kappa shape index (κ3) is 4.41. The van der Waals surface area contributed by atoms with Crippen molar-refractivity contribution in [1.82, 2.24) is 5.32 Å². The molecule has 0 bridgehead atoms. The number of ether oxygens (including phenoxy) is 1. The van der Waals surface area contributed by atoms with Gasteiger partial charge in [-0.2, -0.15) is 0 Å². The van der Waals surface area contributed by atoms with E-state index in [0.29, 0.717) is 5.75 Å². The van der Waals surface area contributed by atoms with Crippen LogP contribution in [0.2, 0.25) is 0 Å². The average molecular weight is 260 g/mol. The van der Waals surface area contributed by atoms with Crippen LogP contribution in [-0.2, 0) is 0 Å².